The second-order valence-corrected chi connectivity index (χ2v) is 6.66. The third kappa shape index (κ3) is 5.24. The van der Waals surface area contributed by atoms with Gasteiger partial charge in [0.2, 0.25) is 0 Å². The van der Waals surface area contributed by atoms with Crippen molar-refractivity contribution in [3.8, 4) is 11.5 Å². The lowest BCUT2D eigenvalue weighted by Gasteiger charge is -2.17. The van der Waals surface area contributed by atoms with Crippen molar-refractivity contribution in [3.05, 3.63) is 94.3 Å². The molecule has 0 saturated carbocycles. The van der Waals surface area contributed by atoms with E-state index in [1.165, 1.54) is 6.07 Å². The predicted octanol–water partition coefficient (Wildman–Crippen LogP) is 5.75. The van der Waals surface area contributed by atoms with Crippen LogP contribution in [0.15, 0.2) is 66.7 Å². The second kappa shape index (κ2) is 10.1. The average Bonchev–Trinajstić information content (AvgIpc) is 2.70. The van der Waals surface area contributed by atoms with Crippen LogP contribution in [0.1, 0.15) is 23.6 Å². The van der Waals surface area contributed by atoms with Crippen LogP contribution in [0.2, 0.25) is 5.02 Å². The van der Waals surface area contributed by atoms with Gasteiger partial charge in [0, 0.05) is 29.2 Å². The van der Waals surface area contributed by atoms with Gasteiger partial charge in [-0.2, -0.15) is 0 Å². The summed E-state index contributed by atoms with van der Waals surface area (Å²) in [6, 6.07) is 20.1. The summed E-state index contributed by atoms with van der Waals surface area (Å²) in [5.41, 5.74) is 2.47. The fraction of sp³-hybridized carbons (Fsp3) is 0.217. The maximum atomic E-state index is 13.9. The standard InChI is InChI=1S/C23H23ClFNO2/c1-2-27-22-13-7-10-18(15-26-14-17-8-3-5-11-20(17)24)23(22)28-16-19-9-4-6-12-21(19)25/h3-13,26H,2,14-16H2,1H3. The first kappa shape index (κ1) is 20.2. The quantitative estimate of drug-likeness (QED) is 0.497. The minimum atomic E-state index is -0.283. The Kier molecular flexibility index (Phi) is 7.29. The van der Waals surface area contributed by atoms with Gasteiger partial charge < -0.3 is 14.8 Å². The molecule has 0 aliphatic heterocycles. The highest BCUT2D eigenvalue weighted by Crippen LogP contribution is 2.32. The first-order valence-corrected chi connectivity index (χ1v) is 9.62. The van der Waals surface area contributed by atoms with Crippen molar-refractivity contribution in [1.29, 1.82) is 0 Å². The Labute approximate surface area is 170 Å². The molecule has 146 valence electrons. The molecule has 0 bridgehead atoms. The molecular formula is C23H23ClFNO2. The van der Waals surface area contributed by atoms with E-state index >= 15 is 0 Å². The molecule has 28 heavy (non-hydrogen) atoms. The van der Waals surface area contributed by atoms with Crippen molar-refractivity contribution in [2.24, 2.45) is 0 Å². The lowest BCUT2D eigenvalue weighted by molar-refractivity contribution is 0.262. The van der Waals surface area contributed by atoms with Gasteiger partial charge in [0.1, 0.15) is 12.4 Å². The third-order valence-corrected chi connectivity index (χ3v) is 4.65. The first-order valence-electron chi connectivity index (χ1n) is 9.24. The molecule has 0 aliphatic carbocycles. The SMILES string of the molecule is CCOc1cccc(CNCc2ccccc2Cl)c1OCc1ccccc1F. The number of para-hydroxylation sites is 1. The number of halogens is 2. The second-order valence-electron chi connectivity index (χ2n) is 6.25. The van der Waals surface area contributed by atoms with Gasteiger partial charge in [-0.3, -0.25) is 0 Å². The fourth-order valence-corrected chi connectivity index (χ4v) is 3.07. The topological polar surface area (TPSA) is 30.5 Å². The van der Waals surface area contributed by atoms with Crippen molar-refractivity contribution in [2.45, 2.75) is 26.6 Å². The molecule has 3 rings (SSSR count). The zero-order valence-corrected chi connectivity index (χ0v) is 16.5. The molecule has 1 N–H and O–H groups in total. The Morgan fingerprint density at radius 3 is 2.25 bits per heavy atom. The molecule has 3 nitrogen and oxygen atoms in total. The molecule has 3 aromatic rings. The molecule has 3 aromatic carbocycles. The molecule has 0 radical (unpaired) electrons. The van der Waals surface area contributed by atoms with Crippen molar-refractivity contribution in [2.75, 3.05) is 6.61 Å². The maximum Gasteiger partial charge on any atom is 0.166 e. The normalized spacial score (nSPS) is 10.7. The Morgan fingerprint density at radius 1 is 0.821 bits per heavy atom. The van der Waals surface area contributed by atoms with E-state index in [2.05, 4.69) is 5.32 Å². The molecular weight excluding hydrogens is 377 g/mol. The number of rotatable bonds is 9. The summed E-state index contributed by atoms with van der Waals surface area (Å²) in [6.45, 7) is 3.77. The van der Waals surface area contributed by atoms with Gasteiger partial charge in [0.15, 0.2) is 11.5 Å². The van der Waals surface area contributed by atoms with E-state index in [1.54, 1.807) is 18.2 Å². The molecule has 0 unspecified atom stereocenters. The number of benzene rings is 3. The molecule has 0 amide bonds. The van der Waals surface area contributed by atoms with Gasteiger partial charge in [-0.1, -0.05) is 60.1 Å². The summed E-state index contributed by atoms with van der Waals surface area (Å²) in [6.07, 6.45) is 0. The molecule has 0 fully saturated rings. The predicted molar refractivity (Wildman–Crippen MR) is 110 cm³/mol. The van der Waals surface area contributed by atoms with Gasteiger partial charge in [-0.25, -0.2) is 4.39 Å². The number of ether oxygens (including phenoxy) is 2. The Balaban J connectivity index is 1.73. The third-order valence-electron chi connectivity index (χ3n) is 4.28. The van der Waals surface area contributed by atoms with E-state index in [0.717, 1.165) is 16.1 Å². The van der Waals surface area contributed by atoms with Gasteiger partial charge in [0.05, 0.1) is 6.61 Å². The van der Waals surface area contributed by atoms with Crippen LogP contribution in [0.25, 0.3) is 0 Å². The smallest absolute Gasteiger partial charge is 0.166 e. The minimum Gasteiger partial charge on any atom is -0.490 e. The molecule has 5 heteroatoms. The Bertz CT molecular complexity index is 917. The average molecular weight is 400 g/mol. The summed E-state index contributed by atoms with van der Waals surface area (Å²) in [5.74, 6) is 0.991. The van der Waals surface area contributed by atoms with E-state index in [4.69, 9.17) is 21.1 Å². The van der Waals surface area contributed by atoms with Crippen LogP contribution in [0.4, 0.5) is 4.39 Å². The van der Waals surface area contributed by atoms with Crippen LogP contribution < -0.4 is 14.8 Å². The summed E-state index contributed by atoms with van der Waals surface area (Å²) in [7, 11) is 0. The van der Waals surface area contributed by atoms with E-state index in [9.17, 15) is 4.39 Å². The zero-order chi connectivity index (χ0) is 19.8. The summed E-state index contributed by atoms with van der Waals surface area (Å²) in [5, 5.41) is 4.11. The van der Waals surface area contributed by atoms with Gasteiger partial charge in [-0.15, -0.1) is 0 Å². The summed E-state index contributed by atoms with van der Waals surface area (Å²) >= 11 is 6.22. The highest BCUT2D eigenvalue weighted by molar-refractivity contribution is 6.31. The zero-order valence-electron chi connectivity index (χ0n) is 15.8. The lowest BCUT2D eigenvalue weighted by Crippen LogP contribution is -2.14. The molecule has 0 saturated heterocycles. The van der Waals surface area contributed by atoms with Crippen LogP contribution in [0, 0.1) is 5.82 Å². The molecule has 0 aliphatic rings. The van der Waals surface area contributed by atoms with Crippen molar-refractivity contribution in [3.63, 3.8) is 0 Å². The van der Waals surface area contributed by atoms with E-state index in [0.29, 0.717) is 36.8 Å². The van der Waals surface area contributed by atoms with Gasteiger partial charge in [0.25, 0.3) is 0 Å². The van der Waals surface area contributed by atoms with E-state index in [1.807, 2.05) is 49.4 Å². The minimum absolute atomic E-state index is 0.133. The van der Waals surface area contributed by atoms with Crippen LogP contribution >= 0.6 is 11.6 Å². The van der Waals surface area contributed by atoms with Crippen molar-refractivity contribution in [1.82, 2.24) is 5.32 Å². The van der Waals surface area contributed by atoms with Crippen LogP contribution in [0.3, 0.4) is 0 Å². The van der Waals surface area contributed by atoms with E-state index in [-0.39, 0.29) is 12.4 Å². The summed E-state index contributed by atoms with van der Waals surface area (Å²) < 4.78 is 25.6. The number of hydrogen-bond acceptors (Lipinski definition) is 3. The van der Waals surface area contributed by atoms with Crippen LogP contribution in [-0.2, 0) is 19.7 Å². The highest BCUT2D eigenvalue weighted by atomic mass is 35.5. The van der Waals surface area contributed by atoms with E-state index < -0.39 is 0 Å². The lowest BCUT2D eigenvalue weighted by atomic mass is 10.1. The fourth-order valence-electron chi connectivity index (χ4n) is 2.87. The Morgan fingerprint density at radius 2 is 1.50 bits per heavy atom. The molecule has 0 spiro atoms. The molecule has 0 aromatic heterocycles. The Hall–Kier alpha value is -2.56. The van der Waals surface area contributed by atoms with Gasteiger partial charge >= 0.3 is 0 Å². The maximum absolute atomic E-state index is 13.9. The number of hydrogen-bond donors (Lipinski definition) is 1. The van der Waals surface area contributed by atoms with Crippen molar-refractivity contribution >= 4 is 11.6 Å². The van der Waals surface area contributed by atoms with Crippen LogP contribution in [-0.4, -0.2) is 6.61 Å². The monoisotopic (exact) mass is 399 g/mol. The number of nitrogens with one attached hydrogen (secondary N) is 1. The molecule has 0 heterocycles. The summed E-state index contributed by atoms with van der Waals surface area (Å²) in [4.78, 5) is 0. The highest BCUT2D eigenvalue weighted by Gasteiger charge is 2.13. The van der Waals surface area contributed by atoms with Crippen LogP contribution in [0.5, 0.6) is 11.5 Å². The molecule has 0 atom stereocenters. The largest absolute Gasteiger partial charge is 0.490 e. The van der Waals surface area contributed by atoms with Crippen molar-refractivity contribution < 1.29 is 13.9 Å². The van der Waals surface area contributed by atoms with Gasteiger partial charge in [-0.05, 0) is 30.7 Å². The first-order chi connectivity index (χ1) is 13.7.